The lowest BCUT2D eigenvalue weighted by molar-refractivity contribution is 0.0989. The smallest absolute Gasteiger partial charge is 0.163 e. The summed E-state index contributed by atoms with van der Waals surface area (Å²) >= 11 is 1.81. The second-order valence-corrected chi connectivity index (χ2v) is 5.71. The van der Waals surface area contributed by atoms with E-state index in [1.807, 2.05) is 54.2 Å². The van der Waals surface area contributed by atoms with Crippen molar-refractivity contribution < 1.29 is 4.79 Å². The van der Waals surface area contributed by atoms with Crippen LogP contribution in [-0.2, 0) is 0 Å². The average molecular weight is 270 g/mol. The quantitative estimate of drug-likeness (QED) is 0.560. The van der Waals surface area contributed by atoms with Gasteiger partial charge in [-0.25, -0.2) is 0 Å². The summed E-state index contributed by atoms with van der Waals surface area (Å²) in [5.41, 5.74) is 3.15. The number of hydrogen-bond donors (Lipinski definition) is 0. The minimum Gasteiger partial charge on any atom is -0.294 e. The summed E-state index contributed by atoms with van der Waals surface area (Å²) < 4.78 is 0. The molecule has 98 valence electrons. The van der Waals surface area contributed by atoms with Crippen molar-refractivity contribution in [3.63, 3.8) is 0 Å². The molecule has 0 bridgehead atoms. The highest BCUT2D eigenvalue weighted by molar-refractivity contribution is 7.99. The maximum Gasteiger partial charge on any atom is 0.163 e. The molecule has 19 heavy (non-hydrogen) atoms. The molecular weight excluding hydrogens is 252 g/mol. The third-order valence-corrected chi connectivity index (χ3v) is 3.89. The van der Waals surface area contributed by atoms with Gasteiger partial charge >= 0.3 is 0 Å². The lowest BCUT2D eigenvalue weighted by atomic mass is 10.0. The number of rotatable bonds is 6. The number of ketones is 1. The molecule has 0 aliphatic heterocycles. The van der Waals surface area contributed by atoms with Gasteiger partial charge in [-0.15, -0.1) is 0 Å². The first kappa shape index (κ1) is 13.9. The molecule has 2 aromatic rings. The largest absolute Gasteiger partial charge is 0.294 e. The molecule has 1 nitrogen and oxygen atoms in total. The minimum atomic E-state index is 0.237. The van der Waals surface area contributed by atoms with E-state index in [0.717, 1.165) is 22.6 Å². The number of carbonyl (C=O) groups is 1. The van der Waals surface area contributed by atoms with Gasteiger partial charge in [0, 0.05) is 17.7 Å². The minimum absolute atomic E-state index is 0.237. The fourth-order valence-electron chi connectivity index (χ4n) is 1.93. The predicted octanol–water partition coefficient (Wildman–Crippen LogP) is 4.68. The molecule has 2 aromatic carbocycles. The second kappa shape index (κ2) is 7.15. The number of thioether (sulfide) groups is 1. The van der Waals surface area contributed by atoms with Crippen LogP contribution in [-0.4, -0.2) is 17.3 Å². The first-order valence-electron chi connectivity index (χ1n) is 6.57. The molecular formula is C17H18OS. The number of benzene rings is 2. The van der Waals surface area contributed by atoms with Gasteiger partial charge in [-0.2, -0.15) is 11.8 Å². The van der Waals surface area contributed by atoms with Gasteiger partial charge in [-0.3, -0.25) is 4.79 Å². The Morgan fingerprint density at radius 3 is 2.21 bits per heavy atom. The Morgan fingerprint density at radius 2 is 1.58 bits per heavy atom. The number of carbonyl (C=O) groups excluding carboxylic acids is 1. The van der Waals surface area contributed by atoms with Crippen LogP contribution >= 0.6 is 11.8 Å². The Balaban J connectivity index is 2.04. The monoisotopic (exact) mass is 270 g/mol. The van der Waals surface area contributed by atoms with Gasteiger partial charge in [0.05, 0.1) is 0 Å². The maximum absolute atomic E-state index is 12.0. The molecule has 0 atom stereocenters. The van der Waals surface area contributed by atoms with E-state index in [-0.39, 0.29) is 5.78 Å². The molecule has 0 saturated heterocycles. The molecule has 0 radical (unpaired) electrons. The van der Waals surface area contributed by atoms with Gasteiger partial charge < -0.3 is 0 Å². The molecule has 0 saturated carbocycles. The van der Waals surface area contributed by atoms with Crippen LogP contribution in [0.2, 0.25) is 0 Å². The Labute approximate surface area is 119 Å². The topological polar surface area (TPSA) is 17.1 Å². The fraction of sp³-hybridized carbons (Fsp3) is 0.235. The van der Waals surface area contributed by atoms with Crippen LogP contribution < -0.4 is 0 Å². The van der Waals surface area contributed by atoms with E-state index < -0.39 is 0 Å². The van der Waals surface area contributed by atoms with E-state index in [1.54, 1.807) is 0 Å². The molecule has 0 unspecified atom stereocenters. The van der Waals surface area contributed by atoms with Crippen LogP contribution in [0, 0.1) is 0 Å². The number of Topliss-reactive ketones (excluding diaryl/α,β-unsaturated/α-hetero) is 1. The molecule has 0 fully saturated rings. The van der Waals surface area contributed by atoms with Crippen LogP contribution in [0.15, 0.2) is 54.6 Å². The van der Waals surface area contributed by atoms with Crippen LogP contribution in [0.25, 0.3) is 11.1 Å². The Morgan fingerprint density at radius 1 is 0.947 bits per heavy atom. The van der Waals surface area contributed by atoms with Gasteiger partial charge in [0.15, 0.2) is 5.78 Å². The molecule has 0 N–H and O–H groups in total. The SMILES string of the molecule is CCSCCC(=O)c1ccc(-c2ccccc2)cc1. The molecule has 2 rings (SSSR count). The molecule has 0 aliphatic carbocycles. The molecule has 2 heteroatoms. The van der Waals surface area contributed by atoms with E-state index in [2.05, 4.69) is 19.1 Å². The van der Waals surface area contributed by atoms with Gasteiger partial charge in [0.1, 0.15) is 0 Å². The summed E-state index contributed by atoms with van der Waals surface area (Å²) in [5, 5.41) is 0. The van der Waals surface area contributed by atoms with E-state index in [0.29, 0.717) is 6.42 Å². The van der Waals surface area contributed by atoms with E-state index >= 15 is 0 Å². The van der Waals surface area contributed by atoms with Crippen molar-refractivity contribution in [2.45, 2.75) is 13.3 Å². The second-order valence-electron chi connectivity index (χ2n) is 4.31. The summed E-state index contributed by atoms with van der Waals surface area (Å²) in [6, 6.07) is 18.1. The Kier molecular flexibility index (Phi) is 5.22. The van der Waals surface area contributed by atoms with Crippen LogP contribution in [0.5, 0.6) is 0 Å². The first-order valence-corrected chi connectivity index (χ1v) is 7.73. The van der Waals surface area contributed by atoms with Crippen molar-refractivity contribution in [2.24, 2.45) is 0 Å². The highest BCUT2D eigenvalue weighted by atomic mass is 32.2. The van der Waals surface area contributed by atoms with Crippen LogP contribution in [0.3, 0.4) is 0 Å². The van der Waals surface area contributed by atoms with Gasteiger partial charge in [0.2, 0.25) is 0 Å². The van der Waals surface area contributed by atoms with Crippen molar-refractivity contribution in [1.82, 2.24) is 0 Å². The van der Waals surface area contributed by atoms with Gasteiger partial charge in [-0.1, -0.05) is 61.5 Å². The van der Waals surface area contributed by atoms with Crippen molar-refractivity contribution in [1.29, 1.82) is 0 Å². The highest BCUT2D eigenvalue weighted by Gasteiger charge is 2.05. The van der Waals surface area contributed by atoms with Crippen LogP contribution in [0.1, 0.15) is 23.7 Å². The Hall–Kier alpha value is -1.54. The zero-order valence-electron chi connectivity index (χ0n) is 11.1. The molecule has 0 aliphatic rings. The normalized spacial score (nSPS) is 10.4. The summed E-state index contributed by atoms with van der Waals surface area (Å²) in [6.45, 7) is 2.11. The summed E-state index contributed by atoms with van der Waals surface area (Å²) in [7, 11) is 0. The summed E-state index contributed by atoms with van der Waals surface area (Å²) in [6.07, 6.45) is 0.628. The molecule has 0 heterocycles. The molecule has 0 aromatic heterocycles. The molecule has 0 amide bonds. The van der Waals surface area contributed by atoms with E-state index in [1.165, 1.54) is 5.56 Å². The van der Waals surface area contributed by atoms with Crippen molar-refractivity contribution >= 4 is 17.5 Å². The Bertz CT molecular complexity index is 517. The van der Waals surface area contributed by atoms with E-state index in [4.69, 9.17) is 0 Å². The van der Waals surface area contributed by atoms with Crippen molar-refractivity contribution in [2.75, 3.05) is 11.5 Å². The first-order chi connectivity index (χ1) is 9.31. The average Bonchev–Trinajstić information content (AvgIpc) is 2.48. The zero-order chi connectivity index (χ0) is 13.5. The van der Waals surface area contributed by atoms with E-state index in [9.17, 15) is 4.79 Å². The zero-order valence-corrected chi connectivity index (χ0v) is 12.0. The van der Waals surface area contributed by atoms with Crippen molar-refractivity contribution in [3.05, 3.63) is 60.2 Å². The van der Waals surface area contributed by atoms with Gasteiger partial charge in [-0.05, 0) is 16.9 Å². The fourth-order valence-corrected chi connectivity index (χ4v) is 2.55. The summed E-state index contributed by atoms with van der Waals surface area (Å²) in [4.78, 5) is 12.0. The third-order valence-electron chi connectivity index (χ3n) is 2.99. The van der Waals surface area contributed by atoms with Gasteiger partial charge in [0.25, 0.3) is 0 Å². The molecule has 0 spiro atoms. The lowest BCUT2D eigenvalue weighted by Crippen LogP contribution is -2.00. The maximum atomic E-state index is 12.0. The summed E-state index contributed by atoms with van der Waals surface area (Å²) in [5.74, 6) is 2.22. The standard InChI is InChI=1S/C17H18OS/c1-2-19-13-12-17(18)16-10-8-15(9-11-16)14-6-4-3-5-7-14/h3-11H,2,12-13H2,1H3. The predicted molar refractivity (Wildman–Crippen MR) is 83.8 cm³/mol. The van der Waals surface area contributed by atoms with Crippen LogP contribution in [0.4, 0.5) is 0 Å². The van der Waals surface area contributed by atoms with Crippen molar-refractivity contribution in [3.8, 4) is 11.1 Å². The number of hydrogen-bond acceptors (Lipinski definition) is 2. The highest BCUT2D eigenvalue weighted by Crippen LogP contribution is 2.20. The lowest BCUT2D eigenvalue weighted by Gasteiger charge is -2.04. The third kappa shape index (κ3) is 3.97.